The van der Waals surface area contributed by atoms with Crippen molar-refractivity contribution in [3.63, 3.8) is 0 Å². The Bertz CT molecular complexity index is 2360. The van der Waals surface area contributed by atoms with Gasteiger partial charge < -0.3 is 33.5 Å². The van der Waals surface area contributed by atoms with Gasteiger partial charge in [-0.05, 0) is 79.2 Å². The number of esters is 1. The highest BCUT2D eigenvalue weighted by atomic mass is 32.2. The zero-order valence-corrected chi connectivity index (χ0v) is 31.1. The Hall–Kier alpha value is -6.34. The number of hydrogen-bond donors (Lipinski definition) is 0. The van der Waals surface area contributed by atoms with Gasteiger partial charge in [-0.25, -0.2) is 13.2 Å². The SMILES string of the molecule is CCOC(=O)c1cccc(CN2C(=O)c3ccccc3S(=O)(=O)c3ccc(C(=O)N(Cc4ccc(OC)cc4OC)c4ccc(OC)c(OC)c4)cc32)c1. The van der Waals surface area contributed by atoms with Crippen molar-refractivity contribution in [2.75, 3.05) is 44.8 Å². The fourth-order valence-electron chi connectivity index (χ4n) is 6.27. The van der Waals surface area contributed by atoms with E-state index in [0.29, 0.717) is 39.8 Å². The molecule has 0 N–H and O–H groups in total. The van der Waals surface area contributed by atoms with Gasteiger partial charge in [-0.2, -0.15) is 0 Å². The van der Waals surface area contributed by atoms with Crippen molar-refractivity contribution in [2.45, 2.75) is 29.8 Å². The van der Waals surface area contributed by atoms with Gasteiger partial charge in [-0.15, -0.1) is 0 Å². The van der Waals surface area contributed by atoms with Crippen LogP contribution >= 0.6 is 0 Å². The van der Waals surface area contributed by atoms with Crippen molar-refractivity contribution in [3.05, 3.63) is 131 Å². The van der Waals surface area contributed by atoms with Crippen LogP contribution in [0.5, 0.6) is 23.0 Å². The summed E-state index contributed by atoms with van der Waals surface area (Å²) >= 11 is 0. The molecule has 13 heteroatoms. The summed E-state index contributed by atoms with van der Waals surface area (Å²) in [5.41, 5.74) is 1.96. The molecule has 0 aromatic heterocycles. The topological polar surface area (TPSA) is 138 Å². The number of carbonyl (C=O) groups excluding carboxylic acids is 3. The zero-order chi connectivity index (χ0) is 38.6. The van der Waals surface area contributed by atoms with Gasteiger partial charge in [-0.1, -0.05) is 24.3 Å². The second-order valence-corrected chi connectivity index (χ2v) is 14.0. The van der Waals surface area contributed by atoms with E-state index in [1.807, 2.05) is 0 Å². The van der Waals surface area contributed by atoms with Gasteiger partial charge in [0, 0.05) is 28.9 Å². The van der Waals surface area contributed by atoms with Crippen LogP contribution in [-0.2, 0) is 27.7 Å². The van der Waals surface area contributed by atoms with Crippen LogP contribution in [0.15, 0.2) is 113 Å². The molecule has 5 aromatic carbocycles. The molecule has 0 saturated heterocycles. The summed E-state index contributed by atoms with van der Waals surface area (Å²) in [6, 6.07) is 27.0. The second kappa shape index (κ2) is 15.7. The van der Waals surface area contributed by atoms with E-state index >= 15 is 0 Å². The smallest absolute Gasteiger partial charge is 0.338 e. The summed E-state index contributed by atoms with van der Waals surface area (Å²) in [5.74, 6) is 0.211. The molecule has 5 aromatic rings. The van der Waals surface area contributed by atoms with E-state index in [2.05, 4.69) is 0 Å². The molecule has 0 aliphatic carbocycles. The number of sulfone groups is 1. The number of carbonyl (C=O) groups is 3. The van der Waals surface area contributed by atoms with Crippen LogP contribution in [0.4, 0.5) is 11.4 Å². The third kappa shape index (κ3) is 7.18. The van der Waals surface area contributed by atoms with E-state index in [1.165, 1.54) is 68.6 Å². The van der Waals surface area contributed by atoms with E-state index in [1.54, 1.807) is 79.7 Å². The lowest BCUT2D eigenvalue weighted by molar-refractivity contribution is 0.0526. The molecule has 1 aliphatic rings. The van der Waals surface area contributed by atoms with Gasteiger partial charge >= 0.3 is 5.97 Å². The molecule has 12 nitrogen and oxygen atoms in total. The maximum Gasteiger partial charge on any atom is 0.338 e. The predicted octanol–water partition coefficient (Wildman–Crippen LogP) is 6.74. The molecule has 278 valence electrons. The Morgan fingerprint density at radius 2 is 1.46 bits per heavy atom. The summed E-state index contributed by atoms with van der Waals surface area (Å²) in [7, 11) is 1.80. The van der Waals surface area contributed by atoms with Crippen LogP contribution < -0.4 is 28.7 Å². The molecule has 0 unspecified atom stereocenters. The van der Waals surface area contributed by atoms with Gasteiger partial charge in [0.25, 0.3) is 11.8 Å². The van der Waals surface area contributed by atoms with Crippen LogP contribution in [0.2, 0.25) is 0 Å². The van der Waals surface area contributed by atoms with Crippen molar-refractivity contribution >= 4 is 39.0 Å². The summed E-state index contributed by atoms with van der Waals surface area (Å²) in [6.45, 7) is 1.78. The number of amides is 2. The van der Waals surface area contributed by atoms with Crippen LogP contribution in [0.3, 0.4) is 0 Å². The molecule has 2 amide bonds. The Labute approximate surface area is 313 Å². The number of ether oxygens (including phenoxy) is 5. The van der Waals surface area contributed by atoms with Crippen molar-refractivity contribution in [2.24, 2.45) is 0 Å². The highest BCUT2D eigenvalue weighted by molar-refractivity contribution is 7.91. The van der Waals surface area contributed by atoms with E-state index in [4.69, 9.17) is 23.7 Å². The molecule has 1 aliphatic heterocycles. The average Bonchev–Trinajstić information content (AvgIpc) is 3.27. The molecule has 0 spiro atoms. The minimum absolute atomic E-state index is 0.00197. The first-order valence-corrected chi connectivity index (χ1v) is 18.3. The average molecular weight is 751 g/mol. The van der Waals surface area contributed by atoms with Crippen molar-refractivity contribution in [1.82, 2.24) is 0 Å². The first kappa shape index (κ1) is 37.4. The van der Waals surface area contributed by atoms with Gasteiger partial charge in [0.1, 0.15) is 11.5 Å². The largest absolute Gasteiger partial charge is 0.497 e. The highest BCUT2D eigenvalue weighted by Gasteiger charge is 2.37. The van der Waals surface area contributed by atoms with Gasteiger partial charge in [-0.3, -0.25) is 9.59 Å². The van der Waals surface area contributed by atoms with Crippen molar-refractivity contribution < 1.29 is 46.5 Å². The maximum atomic E-state index is 14.8. The van der Waals surface area contributed by atoms with Crippen LogP contribution in [0.1, 0.15) is 49.1 Å². The first-order chi connectivity index (χ1) is 26.0. The number of benzene rings is 5. The number of fused-ring (bicyclic) bond motifs is 2. The normalized spacial score (nSPS) is 12.8. The number of hydrogen-bond acceptors (Lipinski definition) is 10. The Morgan fingerprint density at radius 3 is 2.19 bits per heavy atom. The molecule has 6 rings (SSSR count). The lowest BCUT2D eigenvalue weighted by Crippen LogP contribution is -2.32. The van der Waals surface area contributed by atoms with Crippen LogP contribution in [0, 0.1) is 0 Å². The maximum absolute atomic E-state index is 14.8. The van der Waals surface area contributed by atoms with Crippen LogP contribution in [0.25, 0.3) is 0 Å². The zero-order valence-electron chi connectivity index (χ0n) is 30.3. The fourth-order valence-corrected chi connectivity index (χ4v) is 7.90. The molecule has 0 radical (unpaired) electrons. The van der Waals surface area contributed by atoms with Gasteiger partial charge in [0.15, 0.2) is 11.5 Å². The van der Waals surface area contributed by atoms with Crippen molar-refractivity contribution in [1.29, 1.82) is 0 Å². The molecule has 0 atom stereocenters. The fraction of sp³-hybridized carbons (Fsp3) is 0.195. The summed E-state index contributed by atoms with van der Waals surface area (Å²) in [6.07, 6.45) is 0. The van der Waals surface area contributed by atoms with Crippen LogP contribution in [-0.4, -0.2) is 61.2 Å². The third-order valence-corrected chi connectivity index (χ3v) is 10.8. The van der Waals surface area contributed by atoms with Gasteiger partial charge in [0.2, 0.25) is 9.84 Å². The molecule has 1 heterocycles. The monoisotopic (exact) mass is 750 g/mol. The Balaban J connectivity index is 1.50. The molecular formula is C41H38N2O10S. The van der Waals surface area contributed by atoms with E-state index in [0.717, 1.165) is 0 Å². The Kier molecular flexibility index (Phi) is 10.9. The summed E-state index contributed by atoms with van der Waals surface area (Å²) in [5, 5.41) is 0. The van der Waals surface area contributed by atoms with Crippen molar-refractivity contribution in [3.8, 4) is 23.0 Å². The summed E-state index contributed by atoms with van der Waals surface area (Å²) < 4.78 is 55.6. The number of rotatable bonds is 12. The third-order valence-electron chi connectivity index (χ3n) is 8.96. The molecule has 0 saturated carbocycles. The Morgan fingerprint density at radius 1 is 0.704 bits per heavy atom. The lowest BCUT2D eigenvalue weighted by atomic mass is 10.1. The number of methoxy groups -OCH3 is 4. The standard InChI is InChI=1S/C41H38N2O10S/c1-6-53-41(46)28-11-9-10-26(20-28)24-43-33-21-27(15-19-38(33)54(47,48)37-13-8-7-12-32(37)40(43)45)39(44)42(30-16-18-34(50-3)36(22-30)52-5)25-29-14-17-31(49-2)23-35(29)51-4/h7-23H,6,24-25H2,1-5H3. The number of anilines is 2. The molecule has 0 fully saturated rings. The second-order valence-electron chi connectivity index (χ2n) is 12.1. The predicted molar refractivity (Wildman–Crippen MR) is 201 cm³/mol. The number of nitrogens with zero attached hydrogens (tertiary/aromatic N) is 2. The highest BCUT2D eigenvalue weighted by Crippen LogP contribution is 2.40. The first-order valence-electron chi connectivity index (χ1n) is 16.9. The molecule has 0 bridgehead atoms. The lowest BCUT2D eigenvalue weighted by Gasteiger charge is -2.27. The molecule has 54 heavy (non-hydrogen) atoms. The van der Waals surface area contributed by atoms with E-state index < -0.39 is 27.6 Å². The quantitative estimate of drug-likeness (QED) is 0.126. The van der Waals surface area contributed by atoms with Gasteiger partial charge in [0.05, 0.1) is 74.7 Å². The molecular weight excluding hydrogens is 713 g/mol. The summed E-state index contributed by atoms with van der Waals surface area (Å²) in [4.78, 5) is 44.2. The van der Waals surface area contributed by atoms with E-state index in [9.17, 15) is 22.8 Å². The minimum Gasteiger partial charge on any atom is -0.497 e. The van der Waals surface area contributed by atoms with E-state index in [-0.39, 0.29) is 51.9 Å². The minimum atomic E-state index is -4.24.